The molecule has 2 aromatic carbocycles. The van der Waals surface area contributed by atoms with Crippen molar-refractivity contribution in [3.8, 4) is 5.75 Å². The zero-order valence-corrected chi connectivity index (χ0v) is 18.8. The maximum Gasteiger partial charge on any atom is 0.230 e. The topological polar surface area (TPSA) is 69.0 Å². The van der Waals surface area contributed by atoms with E-state index in [0.29, 0.717) is 28.3 Å². The van der Waals surface area contributed by atoms with Crippen LogP contribution in [0.1, 0.15) is 36.8 Å². The largest absolute Gasteiger partial charge is 0.484 e. The summed E-state index contributed by atoms with van der Waals surface area (Å²) in [6.45, 7) is 6.89. The summed E-state index contributed by atoms with van der Waals surface area (Å²) < 4.78 is 7.79. The van der Waals surface area contributed by atoms with Crippen LogP contribution in [-0.2, 0) is 17.9 Å². The molecule has 1 amide bonds. The molecule has 0 saturated heterocycles. The van der Waals surface area contributed by atoms with E-state index in [1.807, 2.05) is 73.9 Å². The quantitative estimate of drug-likeness (QED) is 0.480. The minimum atomic E-state index is -0.0497. The number of halogens is 1. The number of hydrogen-bond acceptors (Lipinski definition) is 5. The average molecular weight is 445 g/mol. The zero-order valence-electron chi connectivity index (χ0n) is 17.3. The molecule has 1 unspecified atom stereocenters. The molecular weight excluding hydrogens is 420 g/mol. The van der Waals surface area contributed by atoms with Crippen LogP contribution in [-0.4, -0.2) is 26.4 Å². The molecule has 1 atom stereocenters. The van der Waals surface area contributed by atoms with E-state index in [1.165, 1.54) is 11.8 Å². The SMILES string of the molecule is CCn1c(COc2cc(C)ccc2Cl)nnc1SCC(=O)NC(C)c1ccccc1. The van der Waals surface area contributed by atoms with Gasteiger partial charge >= 0.3 is 0 Å². The van der Waals surface area contributed by atoms with Crippen LogP contribution in [0.25, 0.3) is 0 Å². The second kappa shape index (κ2) is 10.5. The lowest BCUT2D eigenvalue weighted by atomic mass is 10.1. The van der Waals surface area contributed by atoms with Gasteiger partial charge in [0.1, 0.15) is 12.4 Å². The lowest BCUT2D eigenvalue weighted by Crippen LogP contribution is -2.28. The van der Waals surface area contributed by atoms with Crippen molar-refractivity contribution in [2.24, 2.45) is 0 Å². The summed E-state index contributed by atoms with van der Waals surface area (Å²) in [5.41, 5.74) is 2.14. The van der Waals surface area contributed by atoms with Crippen LogP contribution in [0.3, 0.4) is 0 Å². The predicted molar refractivity (Wildman–Crippen MR) is 120 cm³/mol. The number of thioether (sulfide) groups is 1. The molecule has 1 N–H and O–H groups in total. The Morgan fingerprint density at radius 3 is 2.73 bits per heavy atom. The number of amides is 1. The van der Waals surface area contributed by atoms with E-state index in [-0.39, 0.29) is 24.3 Å². The summed E-state index contributed by atoms with van der Waals surface area (Å²) >= 11 is 7.56. The third kappa shape index (κ3) is 5.77. The Kier molecular flexibility index (Phi) is 7.76. The Bertz CT molecular complexity index is 994. The third-order valence-electron chi connectivity index (χ3n) is 4.56. The Morgan fingerprint density at radius 1 is 1.23 bits per heavy atom. The van der Waals surface area contributed by atoms with Crippen LogP contribution in [0.4, 0.5) is 0 Å². The summed E-state index contributed by atoms with van der Waals surface area (Å²) in [6.07, 6.45) is 0. The van der Waals surface area contributed by atoms with E-state index >= 15 is 0 Å². The number of nitrogens with one attached hydrogen (secondary N) is 1. The Hall–Kier alpha value is -2.51. The molecule has 6 nitrogen and oxygen atoms in total. The number of aromatic nitrogens is 3. The maximum absolute atomic E-state index is 12.4. The molecular formula is C22H25ClN4O2S. The number of hydrogen-bond donors (Lipinski definition) is 1. The highest BCUT2D eigenvalue weighted by atomic mass is 35.5. The van der Waals surface area contributed by atoms with Gasteiger partial charge in [0, 0.05) is 6.54 Å². The van der Waals surface area contributed by atoms with Gasteiger partial charge in [0.2, 0.25) is 5.91 Å². The smallest absolute Gasteiger partial charge is 0.230 e. The van der Waals surface area contributed by atoms with Gasteiger partial charge in [0.05, 0.1) is 16.8 Å². The fraction of sp³-hybridized carbons (Fsp3) is 0.318. The van der Waals surface area contributed by atoms with E-state index < -0.39 is 0 Å². The first kappa shape index (κ1) is 22.2. The summed E-state index contributed by atoms with van der Waals surface area (Å²) in [5.74, 6) is 1.52. The maximum atomic E-state index is 12.4. The van der Waals surface area contributed by atoms with Crippen molar-refractivity contribution in [3.05, 3.63) is 70.5 Å². The van der Waals surface area contributed by atoms with Crippen LogP contribution in [0.2, 0.25) is 5.02 Å². The number of rotatable bonds is 9. The normalized spacial score (nSPS) is 11.9. The summed E-state index contributed by atoms with van der Waals surface area (Å²) in [6, 6.07) is 15.5. The lowest BCUT2D eigenvalue weighted by molar-refractivity contribution is -0.119. The molecule has 0 aliphatic rings. The number of aryl methyl sites for hydroxylation is 1. The lowest BCUT2D eigenvalue weighted by Gasteiger charge is -2.14. The standard InChI is InChI=1S/C22H25ClN4O2S/c1-4-27-20(13-29-19-12-15(2)10-11-18(19)23)25-26-22(27)30-14-21(28)24-16(3)17-8-6-5-7-9-17/h5-12,16H,4,13-14H2,1-3H3,(H,24,28). The fourth-order valence-corrected chi connectivity index (χ4v) is 3.96. The van der Waals surface area contributed by atoms with Crippen molar-refractivity contribution >= 4 is 29.3 Å². The van der Waals surface area contributed by atoms with E-state index in [4.69, 9.17) is 16.3 Å². The molecule has 1 heterocycles. The van der Waals surface area contributed by atoms with Crippen LogP contribution in [0.5, 0.6) is 5.75 Å². The zero-order chi connectivity index (χ0) is 21.5. The Balaban J connectivity index is 1.57. The highest BCUT2D eigenvalue weighted by Gasteiger charge is 2.15. The van der Waals surface area contributed by atoms with Crippen molar-refractivity contribution < 1.29 is 9.53 Å². The van der Waals surface area contributed by atoms with Crippen LogP contribution in [0, 0.1) is 6.92 Å². The molecule has 8 heteroatoms. The molecule has 30 heavy (non-hydrogen) atoms. The van der Waals surface area contributed by atoms with Crippen molar-refractivity contribution in [2.75, 3.05) is 5.75 Å². The van der Waals surface area contributed by atoms with Crippen LogP contribution in [0.15, 0.2) is 53.7 Å². The third-order valence-corrected chi connectivity index (χ3v) is 5.84. The van der Waals surface area contributed by atoms with Crippen molar-refractivity contribution in [3.63, 3.8) is 0 Å². The molecule has 0 radical (unpaired) electrons. The Morgan fingerprint density at radius 2 is 2.00 bits per heavy atom. The summed E-state index contributed by atoms with van der Waals surface area (Å²) in [5, 5.41) is 12.7. The van der Waals surface area contributed by atoms with Crippen molar-refractivity contribution in [2.45, 2.75) is 45.1 Å². The number of carbonyl (C=O) groups excluding carboxylic acids is 1. The number of nitrogens with zero attached hydrogens (tertiary/aromatic N) is 3. The van der Waals surface area contributed by atoms with Crippen LogP contribution >= 0.6 is 23.4 Å². The number of ether oxygens (including phenoxy) is 1. The molecule has 1 aromatic heterocycles. The highest BCUT2D eigenvalue weighted by Crippen LogP contribution is 2.26. The van der Waals surface area contributed by atoms with Gasteiger partial charge in [-0.25, -0.2) is 0 Å². The summed E-state index contributed by atoms with van der Waals surface area (Å²) in [7, 11) is 0. The first-order chi connectivity index (χ1) is 14.5. The van der Waals surface area contributed by atoms with E-state index in [1.54, 1.807) is 0 Å². The predicted octanol–water partition coefficient (Wildman–Crippen LogP) is 4.81. The second-order valence-electron chi connectivity index (χ2n) is 6.85. The fourth-order valence-electron chi connectivity index (χ4n) is 2.95. The average Bonchev–Trinajstić information content (AvgIpc) is 3.15. The molecule has 0 saturated carbocycles. The highest BCUT2D eigenvalue weighted by molar-refractivity contribution is 7.99. The van der Waals surface area contributed by atoms with Gasteiger partial charge in [0.15, 0.2) is 11.0 Å². The molecule has 0 aliphatic carbocycles. The van der Waals surface area contributed by atoms with Gasteiger partial charge in [-0.3, -0.25) is 4.79 Å². The van der Waals surface area contributed by atoms with Crippen LogP contribution < -0.4 is 10.1 Å². The number of carbonyl (C=O) groups is 1. The minimum Gasteiger partial charge on any atom is -0.484 e. The van der Waals surface area contributed by atoms with Gasteiger partial charge in [-0.05, 0) is 44.0 Å². The number of benzene rings is 2. The van der Waals surface area contributed by atoms with Gasteiger partial charge in [0.25, 0.3) is 0 Å². The molecule has 3 aromatic rings. The molecule has 3 rings (SSSR count). The van der Waals surface area contributed by atoms with Gasteiger partial charge < -0.3 is 14.6 Å². The first-order valence-electron chi connectivity index (χ1n) is 9.76. The van der Waals surface area contributed by atoms with E-state index in [2.05, 4.69) is 15.5 Å². The second-order valence-corrected chi connectivity index (χ2v) is 8.20. The first-order valence-corrected chi connectivity index (χ1v) is 11.1. The summed E-state index contributed by atoms with van der Waals surface area (Å²) in [4.78, 5) is 12.4. The molecule has 158 valence electrons. The monoisotopic (exact) mass is 444 g/mol. The van der Waals surface area contributed by atoms with Gasteiger partial charge in [-0.2, -0.15) is 0 Å². The van der Waals surface area contributed by atoms with E-state index in [0.717, 1.165) is 11.1 Å². The van der Waals surface area contributed by atoms with Crippen molar-refractivity contribution in [1.82, 2.24) is 20.1 Å². The molecule has 0 bridgehead atoms. The van der Waals surface area contributed by atoms with Crippen molar-refractivity contribution in [1.29, 1.82) is 0 Å². The molecule has 0 aliphatic heterocycles. The molecule has 0 fully saturated rings. The van der Waals surface area contributed by atoms with E-state index in [9.17, 15) is 4.79 Å². The molecule has 0 spiro atoms. The Labute approximate surface area is 186 Å². The minimum absolute atomic E-state index is 0.0496. The van der Waals surface area contributed by atoms with Gasteiger partial charge in [-0.1, -0.05) is 59.8 Å². The van der Waals surface area contributed by atoms with Gasteiger partial charge in [-0.15, -0.1) is 10.2 Å².